The zero-order valence-electron chi connectivity index (χ0n) is 16.4. The summed E-state index contributed by atoms with van der Waals surface area (Å²) >= 11 is 0. The Bertz CT molecular complexity index is 1080. The molecular weight excluding hydrogens is 366 g/mol. The molecule has 0 saturated carbocycles. The molecule has 0 radical (unpaired) electrons. The van der Waals surface area contributed by atoms with Gasteiger partial charge in [-0.15, -0.1) is 0 Å². The lowest BCUT2D eigenvalue weighted by Gasteiger charge is -2.14. The lowest BCUT2D eigenvalue weighted by molar-refractivity contribution is 0.0932. The van der Waals surface area contributed by atoms with Gasteiger partial charge < -0.3 is 14.6 Å². The van der Waals surface area contributed by atoms with Gasteiger partial charge in [0, 0.05) is 29.6 Å². The van der Waals surface area contributed by atoms with Crippen molar-refractivity contribution in [3.05, 3.63) is 65.4 Å². The first-order valence-corrected chi connectivity index (χ1v) is 9.62. The van der Waals surface area contributed by atoms with Gasteiger partial charge in [0.05, 0.1) is 36.5 Å². The Morgan fingerprint density at radius 1 is 1.28 bits per heavy atom. The number of fused-ring (bicyclic) bond motifs is 1. The van der Waals surface area contributed by atoms with E-state index in [2.05, 4.69) is 45.9 Å². The summed E-state index contributed by atoms with van der Waals surface area (Å²) in [4.78, 5) is 12.5. The molecule has 29 heavy (non-hydrogen) atoms. The highest BCUT2D eigenvalue weighted by atomic mass is 16.5. The average Bonchev–Trinajstić information content (AvgIpc) is 3.37. The molecule has 0 spiro atoms. The fourth-order valence-electron chi connectivity index (χ4n) is 3.88. The number of nitriles is 1. The van der Waals surface area contributed by atoms with Gasteiger partial charge in [-0.25, -0.2) is 10.9 Å². The third kappa shape index (κ3) is 3.56. The van der Waals surface area contributed by atoms with Gasteiger partial charge in [0.1, 0.15) is 5.75 Å². The number of ether oxygens (including phenoxy) is 1. The van der Waals surface area contributed by atoms with Gasteiger partial charge in [-0.3, -0.25) is 4.79 Å². The smallest absolute Gasteiger partial charge is 0.252 e. The molecule has 4 rings (SSSR count). The average molecular weight is 389 g/mol. The molecule has 2 atom stereocenters. The van der Waals surface area contributed by atoms with Crippen molar-refractivity contribution in [1.82, 2.24) is 20.7 Å². The molecule has 2 unspecified atom stereocenters. The fraction of sp³-hybridized carbons (Fsp3) is 0.273. The first-order valence-electron chi connectivity index (χ1n) is 9.62. The molecule has 0 aliphatic carbocycles. The van der Waals surface area contributed by atoms with E-state index in [0.717, 1.165) is 28.9 Å². The molecule has 1 amide bonds. The molecule has 2 heterocycles. The van der Waals surface area contributed by atoms with Crippen LogP contribution in [-0.4, -0.2) is 23.7 Å². The molecule has 1 fully saturated rings. The van der Waals surface area contributed by atoms with Crippen LogP contribution in [0.2, 0.25) is 0 Å². The number of aryl methyl sites for hydroxylation is 1. The summed E-state index contributed by atoms with van der Waals surface area (Å²) in [5.74, 6) is 0.680. The highest BCUT2D eigenvalue weighted by molar-refractivity contribution is 5.94. The zero-order valence-corrected chi connectivity index (χ0v) is 16.4. The Morgan fingerprint density at radius 3 is 2.76 bits per heavy atom. The quantitative estimate of drug-likeness (QED) is 0.624. The van der Waals surface area contributed by atoms with Crippen molar-refractivity contribution in [2.45, 2.75) is 32.1 Å². The fourth-order valence-corrected chi connectivity index (χ4v) is 3.88. The maximum Gasteiger partial charge on any atom is 0.252 e. The summed E-state index contributed by atoms with van der Waals surface area (Å²) in [5, 5.41) is 13.0. The second-order valence-electron chi connectivity index (χ2n) is 7.00. The van der Waals surface area contributed by atoms with Gasteiger partial charge in [0.2, 0.25) is 0 Å². The molecule has 0 bridgehead atoms. The number of carbonyl (C=O) groups excluding carboxylic acids is 1. The largest absolute Gasteiger partial charge is 0.496 e. The van der Waals surface area contributed by atoms with Crippen molar-refractivity contribution < 1.29 is 9.53 Å². The molecule has 1 aromatic heterocycles. The van der Waals surface area contributed by atoms with E-state index in [0.29, 0.717) is 17.5 Å². The van der Waals surface area contributed by atoms with Crippen LogP contribution >= 0.6 is 0 Å². The Labute approximate surface area is 169 Å². The van der Waals surface area contributed by atoms with E-state index in [9.17, 15) is 4.79 Å². The molecule has 148 valence electrons. The van der Waals surface area contributed by atoms with Gasteiger partial charge in [-0.05, 0) is 49.4 Å². The third-order valence-electron chi connectivity index (χ3n) is 5.32. The molecule has 7 heteroatoms. The minimum Gasteiger partial charge on any atom is -0.496 e. The number of hydrazine groups is 1. The van der Waals surface area contributed by atoms with Crippen LogP contribution in [0.4, 0.5) is 0 Å². The van der Waals surface area contributed by atoms with Crippen molar-refractivity contribution in [1.29, 1.82) is 5.26 Å². The van der Waals surface area contributed by atoms with Crippen LogP contribution in [-0.2, 0) is 6.54 Å². The van der Waals surface area contributed by atoms with Gasteiger partial charge >= 0.3 is 0 Å². The summed E-state index contributed by atoms with van der Waals surface area (Å²) in [6.45, 7) is 2.96. The van der Waals surface area contributed by atoms with Crippen LogP contribution in [0.5, 0.6) is 5.75 Å². The van der Waals surface area contributed by atoms with Gasteiger partial charge in [-0.2, -0.15) is 5.26 Å². The van der Waals surface area contributed by atoms with Crippen molar-refractivity contribution in [2.75, 3.05) is 7.11 Å². The molecule has 3 N–H and O–H groups in total. The maximum absolute atomic E-state index is 12.5. The molecule has 2 aromatic carbocycles. The monoisotopic (exact) mass is 389 g/mol. The Hall–Kier alpha value is -3.34. The predicted molar refractivity (Wildman–Crippen MR) is 110 cm³/mol. The first kappa shape index (κ1) is 19.0. The Morgan fingerprint density at radius 2 is 2.07 bits per heavy atom. The Balaban J connectivity index is 1.51. The standard InChI is InChI=1S/C22H23N5O2/c1-3-27-18-5-4-6-20(29-2)16(18)11-19(27)17-12-21(26-25-17)24-22(28)15-9-7-14(13-23)8-10-15/h4-11,17,21,25-26H,3,12H2,1-2H3,(H,24,28). The van der Waals surface area contributed by atoms with Crippen LogP contribution in [0.15, 0.2) is 48.5 Å². The number of methoxy groups -OCH3 is 1. The molecule has 1 saturated heterocycles. The lowest BCUT2D eigenvalue weighted by atomic mass is 10.1. The number of nitrogens with zero attached hydrogens (tertiary/aromatic N) is 2. The number of amides is 1. The molecule has 1 aliphatic rings. The Kier molecular flexibility index (Phi) is 5.21. The minimum absolute atomic E-state index is 0.0540. The number of benzene rings is 2. The summed E-state index contributed by atoms with van der Waals surface area (Å²) in [5.41, 5.74) is 9.82. The van der Waals surface area contributed by atoms with Gasteiger partial charge in [0.25, 0.3) is 5.91 Å². The highest BCUT2D eigenvalue weighted by Crippen LogP contribution is 2.33. The van der Waals surface area contributed by atoms with Crippen molar-refractivity contribution in [2.24, 2.45) is 0 Å². The van der Waals surface area contributed by atoms with E-state index < -0.39 is 0 Å². The number of hydrogen-bond donors (Lipinski definition) is 3. The van der Waals surface area contributed by atoms with Crippen molar-refractivity contribution >= 4 is 16.8 Å². The number of aromatic nitrogens is 1. The number of hydrogen-bond acceptors (Lipinski definition) is 5. The summed E-state index contributed by atoms with van der Waals surface area (Å²) < 4.78 is 7.78. The van der Waals surface area contributed by atoms with E-state index in [1.165, 1.54) is 0 Å². The molecular formula is C22H23N5O2. The van der Waals surface area contributed by atoms with E-state index in [1.54, 1.807) is 31.4 Å². The van der Waals surface area contributed by atoms with Crippen LogP contribution in [0.25, 0.3) is 10.9 Å². The van der Waals surface area contributed by atoms with E-state index in [4.69, 9.17) is 10.00 Å². The maximum atomic E-state index is 12.5. The third-order valence-corrected chi connectivity index (χ3v) is 5.32. The number of carbonyl (C=O) groups is 1. The van der Waals surface area contributed by atoms with E-state index >= 15 is 0 Å². The van der Waals surface area contributed by atoms with Crippen molar-refractivity contribution in [3.63, 3.8) is 0 Å². The second kappa shape index (κ2) is 7.95. The minimum atomic E-state index is -0.201. The first-order chi connectivity index (χ1) is 14.1. The topological polar surface area (TPSA) is 91.1 Å². The summed E-state index contributed by atoms with van der Waals surface area (Å²) in [7, 11) is 1.68. The summed E-state index contributed by atoms with van der Waals surface area (Å²) in [6.07, 6.45) is 0.508. The van der Waals surface area contributed by atoms with Crippen LogP contribution in [0.1, 0.15) is 41.0 Å². The van der Waals surface area contributed by atoms with Crippen LogP contribution in [0.3, 0.4) is 0 Å². The van der Waals surface area contributed by atoms with Crippen LogP contribution < -0.4 is 20.9 Å². The predicted octanol–water partition coefficient (Wildman–Crippen LogP) is 2.84. The summed E-state index contributed by atoms with van der Waals surface area (Å²) in [6, 6.07) is 16.9. The molecule has 1 aliphatic heterocycles. The molecule has 3 aromatic rings. The SMILES string of the molecule is CCn1c(C2CC(NC(=O)c3ccc(C#N)cc3)NN2)cc2c(OC)cccc21. The highest BCUT2D eigenvalue weighted by Gasteiger charge is 2.29. The second-order valence-corrected chi connectivity index (χ2v) is 7.00. The van der Waals surface area contributed by atoms with Crippen molar-refractivity contribution in [3.8, 4) is 11.8 Å². The van der Waals surface area contributed by atoms with Gasteiger partial charge in [-0.1, -0.05) is 6.07 Å². The number of nitrogens with one attached hydrogen (secondary N) is 3. The lowest BCUT2D eigenvalue weighted by Crippen LogP contribution is -2.44. The van der Waals surface area contributed by atoms with Crippen LogP contribution in [0, 0.1) is 11.3 Å². The normalized spacial score (nSPS) is 18.5. The molecule has 7 nitrogen and oxygen atoms in total. The van der Waals surface area contributed by atoms with E-state index in [-0.39, 0.29) is 18.1 Å². The number of rotatable bonds is 5. The van der Waals surface area contributed by atoms with Gasteiger partial charge in [0.15, 0.2) is 0 Å². The van der Waals surface area contributed by atoms with E-state index in [1.807, 2.05) is 12.1 Å². The zero-order chi connectivity index (χ0) is 20.4.